The van der Waals surface area contributed by atoms with Crippen molar-refractivity contribution in [3.8, 4) is 0 Å². The van der Waals surface area contributed by atoms with Crippen molar-refractivity contribution in [3.05, 3.63) is 35.9 Å². The maximum absolute atomic E-state index is 12.2. The van der Waals surface area contributed by atoms with E-state index in [1.165, 1.54) is 20.0 Å². The first-order valence-electron chi connectivity index (χ1n) is 8.21. The van der Waals surface area contributed by atoms with Gasteiger partial charge in [-0.2, -0.15) is 0 Å². The highest BCUT2D eigenvalue weighted by atomic mass is 16.5. The summed E-state index contributed by atoms with van der Waals surface area (Å²) >= 11 is 0. The number of hydrogen-bond donors (Lipinski definition) is 1. The van der Waals surface area contributed by atoms with E-state index < -0.39 is 0 Å². The SMILES string of the molecule is COC(=O)CCN(CC(=O)N[C@H](C)C1CC1)Cc1ccccc1. The lowest BCUT2D eigenvalue weighted by atomic mass is 10.2. The van der Waals surface area contributed by atoms with E-state index in [1.807, 2.05) is 35.2 Å². The highest BCUT2D eigenvalue weighted by Crippen LogP contribution is 2.32. The van der Waals surface area contributed by atoms with Crippen LogP contribution >= 0.6 is 0 Å². The van der Waals surface area contributed by atoms with Crippen molar-refractivity contribution in [2.45, 2.75) is 38.8 Å². The van der Waals surface area contributed by atoms with Crippen LogP contribution in [0.3, 0.4) is 0 Å². The lowest BCUT2D eigenvalue weighted by Gasteiger charge is -2.23. The Morgan fingerprint density at radius 3 is 2.61 bits per heavy atom. The van der Waals surface area contributed by atoms with E-state index >= 15 is 0 Å². The van der Waals surface area contributed by atoms with Crippen LogP contribution < -0.4 is 5.32 Å². The first-order valence-corrected chi connectivity index (χ1v) is 8.21. The summed E-state index contributed by atoms with van der Waals surface area (Å²) < 4.78 is 4.69. The van der Waals surface area contributed by atoms with Crippen LogP contribution in [0.15, 0.2) is 30.3 Å². The number of methoxy groups -OCH3 is 1. The first kappa shape index (κ1) is 17.5. The molecule has 0 saturated heterocycles. The molecule has 0 aliphatic heterocycles. The van der Waals surface area contributed by atoms with Gasteiger partial charge < -0.3 is 10.1 Å². The third-order valence-electron chi connectivity index (χ3n) is 4.19. The summed E-state index contributed by atoms with van der Waals surface area (Å²) in [5.41, 5.74) is 1.13. The molecule has 0 heterocycles. The molecule has 0 bridgehead atoms. The van der Waals surface area contributed by atoms with Gasteiger partial charge in [0, 0.05) is 19.1 Å². The Bertz CT molecular complexity index is 514. The molecule has 0 aromatic heterocycles. The zero-order valence-corrected chi connectivity index (χ0v) is 14.0. The Kier molecular flexibility index (Phi) is 6.59. The zero-order chi connectivity index (χ0) is 16.7. The topological polar surface area (TPSA) is 58.6 Å². The molecule has 5 nitrogen and oxygen atoms in total. The van der Waals surface area contributed by atoms with Gasteiger partial charge in [0.1, 0.15) is 0 Å². The van der Waals surface area contributed by atoms with Crippen LogP contribution in [0.2, 0.25) is 0 Å². The number of hydrogen-bond acceptors (Lipinski definition) is 4. The van der Waals surface area contributed by atoms with Crippen LogP contribution in [0.5, 0.6) is 0 Å². The number of nitrogens with zero attached hydrogens (tertiary/aromatic N) is 1. The van der Waals surface area contributed by atoms with Gasteiger partial charge in [0.25, 0.3) is 0 Å². The molecule has 1 atom stereocenters. The molecule has 5 heteroatoms. The van der Waals surface area contributed by atoms with E-state index in [0.717, 1.165) is 5.56 Å². The molecule has 1 fully saturated rings. The lowest BCUT2D eigenvalue weighted by molar-refractivity contribution is -0.141. The molecule has 1 aromatic rings. The summed E-state index contributed by atoms with van der Waals surface area (Å²) in [5, 5.41) is 3.06. The maximum atomic E-state index is 12.2. The van der Waals surface area contributed by atoms with Crippen LogP contribution in [0, 0.1) is 5.92 Å². The van der Waals surface area contributed by atoms with Gasteiger partial charge in [-0.15, -0.1) is 0 Å². The molecule has 0 radical (unpaired) electrons. The van der Waals surface area contributed by atoms with Gasteiger partial charge >= 0.3 is 5.97 Å². The van der Waals surface area contributed by atoms with Gasteiger partial charge in [-0.05, 0) is 31.2 Å². The number of rotatable bonds is 9. The van der Waals surface area contributed by atoms with Crippen LogP contribution in [0.1, 0.15) is 31.7 Å². The number of amides is 1. The van der Waals surface area contributed by atoms with Crippen LogP contribution in [0.4, 0.5) is 0 Å². The lowest BCUT2D eigenvalue weighted by Crippen LogP contribution is -2.42. The Labute approximate surface area is 138 Å². The molecule has 1 saturated carbocycles. The van der Waals surface area contributed by atoms with Crippen LogP contribution in [-0.2, 0) is 20.9 Å². The zero-order valence-electron chi connectivity index (χ0n) is 14.0. The second kappa shape index (κ2) is 8.67. The van der Waals surface area contributed by atoms with Crippen molar-refractivity contribution in [1.29, 1.82) is 0 Å². The minimum absolute atomic E-state index is 0.0187. The van der Waals surface area contributed by atoms with Gasteiger partial charge in [-0.3, -0.25) is 14.5 Å². The number of nitrogens with one attached hydrogen (secondary N) is 1. The minimum atomic E-state index is -0.255. The van der Waals surface area contributed by atoms with Crippen molar-refractivity contribution in [1.82, 2.24) is 10.2 Å². The fourth-order valence-corrected chi connectivity index (χ4v) is 2.62. The van der Waals surface area contributed by atoms with Gasteiger partial charge in [-0.25, -0.2) is 0 Å². The molecular formula is C18H26N2O3. The quantitative estimate of drug-likeness (QED) is 0.707. The Balaban J connectivity index is 1.88. The maximum Gasteiger partial charge on any atom is 0.306 e. The summed E-state index contributed by atoms with van der Waals surface area (Å²) in [4.78, 5) is 25.6. The van der Waals surface area contributed by atoms with E-state index in [0.29, 0.717) is 25.6 Å². The van der Waals surface area contributed by atoms with Gasteiger partial charge in [0.15, 0.2) is 0 Å². The number of esters is 1. The molecule has 1 aromatic carbocycles. The molecular weight excluding hydrogens is 292 g/mol. The Hall–Kier alpha value is -1.88. The summed E-state index contributed by atoms with van der Waals surface area (Å²) in [6.45, 7) is 3.50. The van der Waals surface area contributed by atoms with E-state index in [1.54, 1.807) is 0 Å². The molecule has 1 aliphatic rings. The number of carbonyl (C=O) groups excluding carboxylic acids is 2. The monoisotopic (exact) mass is 318 g/mol. The molecule has 2 rings (SSSR count). The number of carbonyl (C=O) groups is 2. The smallest absolute Gasteiger partial charge is 0.306 e. The standard InChI is InChI=1S/C18H26N2O3/c1-14(16-8-9-16)19-17(21)13-20(11-10-18(22)23-2)12-15-6-4-3-5-7-15/h3-7,14,16H,8-13H2,1-2H3,(H,19,21)/t14-/m1/s1. The third kappa shape index (κ3) is 6.40. The first-order chi connectivity index (χ1) is 11.1. The second-order valence-corrected chi connectivity index (χ2v) is 6.22. The molecule has 1 aliphatic carbocycles. The fourth-order valence-electron chi connectivity index (χ4n) is 2.62. The van der Waals surface area contributed by atoms with E-state index in [-0.39, 0.29) is 24.3 Å². The van der Waals surface area contributed by atoms with E-state index in [4.69, 9.17) is 4.74 Å². The Morgan fingerprint density at radius 2 is 2.00 bits per heavy atom. The number of benzene rings is 1. The summed E-state index contributed by atoms with van der Waals surface area (Å²) in [6.07, 6.45) is 2.70. The van der Waals surface area contributed by atoms with Crippen LogP contribution in [-0.4, -0.2) is 43.0 Å². The predicted molar refractivity (Wildman–Crippen MR) is 88.7 cm³/mol. The summed E-state index contributed by atoms with van der Waals surface area (Å²) in [7, 11) is 1.38. The third-order valence-corrected chi connectivity index (χ3v) is 4.19. The van der Waals surface area contributed by atoms with Crippen LogP contribution in [0.25, 0.3) is 0 Å². The van der Waals surface area contributed by atoms with Crippen molar-refractivity contribution < 1.29 is 14.3 Å². The summed E-state index contributed by atoms with van der Waals surface area (Å²) in [5.74, 6) is 0.400. The van der Waals surface area contributed by atoms with Crippen molar-refractivity contribution in [2.24, 2.45) is 5.92 Å². The molecule has 1 N–H and O–H groups in total. The van der Waals surface area contributed by atoms with E-state index in [9.17, 15) is 9.59 Å². The van der Waals surface area contributed by atoms with Gasteiger partial charge in [0.05, 0.1) is 20.1 Å². The van der Waals surface area contributed by atoms with E-state index in [2.05, 4.69) is 12.2 Å². The van der Waals surface area contributed by atoms with Crippen molar-refractivity contribution in [3.63, 3.8) is 0 Å². The fraction of sp³-hybridized carbons (Fsp3) is 0.556. The van der Waals surface area contributed by atoms with Crippen molar-refractivity contribution in [2.75, 3.05) is 20.2 Å². The second-order valence-electron chi connectivity index (χ2n) is 6.22. The normalized spacial score (nSPS) is 15.3. The summed E-state index contributed by atoms with van der Waals surface area (Å²) in [6, 6.07) is 10.2. The molecule has 126 valence electrons. The number of ether oxygens (including phenoxy) is 1. The average Bonchev–Trinajstić information content (AvgIpc) is 3.38. The highest BCUT2D eigenvalue weighted by Gasteiger charge is 2.29. The largest absolute Gasteiger partial charge is 0.469 e. The predicted octanol–water partition coefficient (Wildman–Crippen LogP) is 1.97. The molecule has 0 spiro atoms. The highest BCUT2D eigenvalue weighted by molar-refractivity contribution is 5.78. The van der Waals surface area contributed by atoms with Gasteiger partial charge in [-0.1, -0.05) is 30.3 Å². The molecule has 23 heavy (non-hydrogen) atoms. The average molecular weight is 318 g/mol. The Morgan fingerprint density at radius 1 is 1.30 bits per heavy atom. The van der Waals surface area contributed by atoms with Crippen molar-refractivity contribution >= 4 is 11.9 Å². The molecule has 0 unspecified atom stereocenters. The van der Waals surface area contributed by atoms with Gasteiger partial charge in [0.2, 0.25) is 5.91 Å². The minimum Gasteiger partial charge on any atom is -0.469 e. The molecule has 1 amide bonds.